The van der Waals surface area contributed by atoms with Crippen LogP contribution in [0.4, 0.5) is 0 Å². The van der Waals surface area contributed by atoms with Crippen LogP contribution in [0.1, 0.15) is 35.1 Å². The fourth-order valence-electron chi connectivity index (χ4n) is 1.25. The number of carbonyl (C=O) groups excluding carboxylic acids is 1. The van der Waals surface area contributed by atoms with Crippen molar-refractivity contribution in [3.63, 3.8) is 0 Å². The van der Waals surface area contributed by atoms with Crippen LogP contribution in [0, 0.1) is 6.92 Å². The number of aldehydes is 1. The molecule has 0 amide bonds. The second-order valence-corrected chi connectivity index (χ2v) is 2.76. The molecule has 0 saturated carbocycles. The molecule has 0 bridgehead atoms. The molecule has 0 saturated heterocycles. The lowest BCUT2D eigenvalue weighted by Crippen LogP contribution is -1.87. The van der Waals surface area contributed by atoms with Gasteiger partial charge in [-0.15, -0.1) is 0 Å². The van der Waals surface area contributed by atoms with Crippen LogP contribution in [-0.2, 0) is 6.42 Å². The van der Waals surface area contributed by atoms with Crippen molar-refractivity contribution in [1.29, 1.82) is 0 Å². The molecule has 2 nitrogen and oxygen atoms in total. The van der Waals surface area contributed by atoms with Gasteiger partial charge in [0.05, 0.1) is 5.69 Å². The summed E-state index contributed by atoms with van der Waals surface area (Å²) < 4.78 is 0. The van der Waals surface area contributed by atoms with Gasteiger partial charge in [-0.05, 0) is 25.0 Å². The molecule has 0 aliphatic heterocycles. The molecular formula is C9H13NO. The third kappa shape index (κ3) is 1.70. The number of rotatable bonds is 3. The predicted octanol–water partition coefficient (Wildman–Crippen LogP) is 2.09. The molecule has 11 heavy (non-hydrogen) atoms. The van der Waals surface area contributed by atoms with Crippen molar-refractivity contribution in [3.8, 4) is 0 Å². The van der Waals surface area contributed by atoms with Crippen molar-refractivity contribution in [1.82, 2.24) is 4.98 Å². The molecule has 1 N–H and O–H groups in total. The van der Waals surface area contributed by atoms with Gasteiger partial charge in [0.25, 0.3) is 0 Å². The first-order chi connectivity index (χ1) is 5.27. The summed E-state index contributed by atoms with van der Waals surface area (Å²) >= 11 is 0. The van der Waals surface area contributed by atoms with E-state index in [1.54, 1.807) is 0 Å². The van der Waals surface area contributed by atoms with E-state index in [1.165, 1.54) is 0 Å². The highest BCUT2D eigenvalue weighted by Crippen LogP contribution is 2.10. The lowest BCUT2D eigenvalue weighted by atomic mass is 10.1. The topological polar surface area (TPSA) is 32.9 Å². The number of aromatic nitrogens is 1. The number of H-pyrrole nitrogens is 1. The Morgan fingerprint density at radius 2 is 2.36 bits per heavy atom. The van der Waals surface area contributed by atoms with E-state index in [-0.39, 0.29) is 0 Å². The van der Waals surface area contributed by atoms with Gasteiger partial charge in [0.1, 0.15) is 0 Å². The predicted molar refractivity (Wildman–Crippen MR) is 44.9 cm³/mol. The molecule has 2 heteroatoms. The molecule has 0 fully saturated rings. The molecule has 0 unspecified atom stereocenters. The van der Waals surface area contributed by atoms with E-state index >= 15 is 0 Å². The Kier molecular flexibility index (Phi) is 2.47. The highest BCUT2D eigenvalue weighted by molar-refractivity contribution is 5.74. The molecule has 0 aliphatic rings. The number of carbonyl (C=O) groups is 1. The van der Waals surface area contributed by atoms with E-state index in [4.69, 9.17) is 0 Å². The highest BCUT2D eigenvalue weighted by Gasteiger charge is 2.02. The molecule has 60 valence electrons. The molecule has 0 aromatic carbocycles. The standard InChI is InChI=1S/C9H13NO/c1-3-4-8-5-7(2)10-9(8)6-11/h5-6,10H,3-4H2,1-2H3. The van der Waals surface area contributed by atoms with E-state index < -0.39 is 0 Å². The molecule has 1 heterocycles. The second kappa shape index (κ2) is 3.37. The van der Waals surface area contributed by atoms with Gasteiger partial charge in [0.2, 0.25) is 0 Å². The van der Waals surface area contributed by atoms with E-state index in [9.17, 15) is 4.79 Å². The molecule has 0 radical (unpaired) electrons. The first-order valence-corrected chi connectivity index (χ1v) is 3.91. The maximum Gasteiger partial charge on any atom is 0.166 e. The summed E-state index contributed by atoms with van der Waals surface area (Å²) in [5.41, 5.74) is 2.94. The third-order valence-corrected chi connectivity index (χ3v) is 1.71. The van der Waals surface area contributed by atoms with Crippen LogP contribution in [0.25, 0.3) is 0 Å². The van der Waals surface area contributed by atoms with Gasteiger partial charge in [0.15, 0.2) is 6.29 Å². The summed E-state index contributed by atoms with van der Waals surface area (Å²) in [4.78, 5) is 13.5. The lowest BCUT2D eigenvalue weighted by Gasteiger charge is -1.92. The summed E-state index contributed by atoms with van der Waals surface area (Å²) in [7, 11) is 0. The fraction of sp³-hybridized carbons (Fsp3) is 0.444. The van der Waals surface area contributed by atoms with Crippen molar-refractivity contribution < 1.29 is 4.79 Å². The van der Waals surface area contributed by atoms with Gasteiger partial charge in [-0.1, -0.05) is 13.3 Å². The largest absolute Gasteiger partial charge is 0.356 e. The van der Waals surface area contributed by atoms with Crippen LogP contribution < -0.4 is 0 Å². The monoisotopic (exact) mass is 151 g/mol. The van der Waals surface area contributed by atoms with E-state index in [0.717, 1.165) is 36.1 Å². The Morgan fingerprint density at radius 1 is 1.64 bits per heavy atom. The number of hydrogen-bond donors (Lipinski definition) is 1. The number of hydrogen-bond acceptors (Lipinski definition) is 1. The van der Waals surface area contributed by atoms with Crippen molar-refractivity contribution in [2.75, 3.05) is 0 Å². The van der Waals surface area contributed by atoms with Crippen LogP contribution >= 0.6 is 0 Å². The summed E-state index contributed by atoms with van der Waals surface area (Å²) in [5, 5.41) is 0. The average Bonchev–Trinajstić information content (AvgIpc) is 2.32. The quantitative estimate of drug-likeness (QED) is 0.659. The van der Waals surface area contributed by atoms with Gasteiger partial charge in [-0.3, -0.25) is 4.79 Å². The summed E-state index contributed by atoms with van der Waals surface area (Å²) in [6.07, 6.45) is 2.95. The van der Waals surface area contributed by atoms with Gasteiger partial charge in [0, 0.05) is 5.69 Å². The lowest BCUT2D eigenvalue weighted by molar-refractivity contribution is 0.111. The zero-order chi connectivity index (χ0) is 8.27. The average molecular weight is 151 g/mol. The minimum Gasteiger partial charge on any atom is -0.356 e. The Morgan fingerprint density at radius 3 is 2.91 bits per heavy atom. The SMILES string of the molecule is CCCc1cc(C)[nH]c1C=O. The van der Waals surface area contributed by atoms with Gasteiger partial charge < -0.3 is 4.98 Å². The van der Waals surface area contributed by atoms with Crippen LogP contribution in [0.15, 0.2) is 6.07 Å². The minimum absolute atomic E-state index is 0.740. The van der Waals surface area contributed by atoms with E-state index in [0.29, 0.717) is 0 Å². The zero-order valence-electron chi connectivity index (χ0n) is 6.98. The van der Waals surface area contributed by atoms with Crippen molar-refractivity contribution in [2.24, 2.45) is 0 Å². The van der Waals surface area contributed by atoms with Crippen molar-refractivity contribution in [3.05, 3.63) is 23.0 Å². The summed E-state index contributed by atoms with van der Waals surface area (Å²) in [5.74, 6) is 0. The number of aryl methyl sites for hydroxylation is 2. The first-order valence-electron chi connectivity index (χ1n) is 3.91. The number of aromatic amines is 1. The summed E-state index contributed by atoms with van der Waals surface area (Å²) in [6.45, 7) is 4.07. The maximum absolute atomic E-state index is 10.5. The number of nitrogens with one attached hydrogen (secondary N) is 1. The van der Waals surface area contributed by atoms with Crippen molar-refractivity contribution >= 4 is 6.29 Å². The Bertz CT molecular complexity index is 250. The molecule has 0 atom stereocenters. The van der Waals surface area contributed by atoms with E-state index in [2.05, 4.69) is 11.9 Å². The Hall–Kier alpha value is -1.05. The normalized spacial score (nSPS) is 10.0. The van der Waals surface area contributed by atoms with Crippen LogP contribution in [0.3, 0.4) is 0 Å². The van der Waals surface area contributed by atoms with Crippen molar-refractivity contribution in [2.45, 2.75) is 26.7 Å². The van der Waals surface area contributed by atoms with Crippen LogP contribution in [0.5, 0.6) is 0 Å². The molecule has 0 aliphatic carbocycles. The zero-order valence-corrected chi connectivity index (χ0v) is 6.98. The summed E-state index contributed by atoms with van der Waals surface area (Å²) in [6, 6.07) is 2.03. The van der Waals surface area contributed by atoms with E-state index in [1.807, 2.05) is 13.0 Å². The van der Waals surface area contributed by atoms with Gasteiger partial charge >= 0.3 is 0 Å². The first kappa shape index (κ1) is 8.05. The van der Waals surface area contributed by atoms with Gasteiger partial charge in [-0.25, -0.2) is 0 Å². The molecule has 1 aromatic heterocycles. The second-order valence-electron chi connectivity index (χ2n) is 2.76. The Balaban J connectivity index is 2.92. The molecule has 0 spiro atoms. The molecule has 1 aromatic rings. The highest BCUT2D eigenvalue weighted by atomic mass is 16.1. The van der Waals surface area contributed by atoms with Gasteiger partial charge in [-0.2, -0.15) is 0 Å². The third-order valence-electron chi connectivity index (χ3n) is 1.71. The van der Waals surface area contributed by atoms with Crippen LogP contribution in [0.2, 0.25) is 0 Å². The maximum atomic E-state index is 10.5. The Labute approximate surface area is 66.6 Å². The molecular weight excluding hydrogens is 138 g/mol. The molecule has 1 rings (SSSR count). The fourth-order valence-corrected chi connectivity index (χ4v) is 1.25. The smallest absolute Gasteiger partial charge is 0.166 e. The minimum atomic E-state index is 0.740. The van der Waals surface area contributed by atoms with Crippen LogP contribution in [-0.4, -0.2) is 11.3 Å².